The Bertz CT molecular complexity index is 1370. The molecular formula is C26H28ClN3O3S. The van der Waals surface area contributed by atoms with Gasteiger partial charge in [0, 0.05) is 16.5 Å². The molecule has 0 aliphatic carbocycles. The minimum atomic E-state index is -3.84. The molecule has 0 spiro atoms. The lowest BCUT2D eigenvalue weighted by Crippen LogP contribution is -2.22. The number of nitrogens with two attached hydrogens (primary N) is 1. The standard InChI is InChI=1S/C26H28ClN3O3S/c1-2-8-21(28)15-16-33-24-14-7-13-23-25(24)30(18-19-9-6-10-20(27)17-19)29-26(23)34(31,32)22-11-4-3-5-12-22/h3-7,9-14,17,21H,2,8,15-16,18,28H2,1H3. The van der Waals surface area contributed by atoms with Gasteiger partial charge < -0.3 is 10.5 Å². The Kier molecular flexibility index (Phi) is 7.56. The Balaban J connectivity index is 1.79. The van der Waals surface area contributed by atoms with Gasteiger partial charge in [0.05, 0.1) is 18.0 Å². The Morgan fingerprint density at radius 3 is 2.53 bits per heavy atom. The second-order valence-electron chi connectivity index (χ2n) is 8.25. The van der Waals surface area contributed by atoms with Crippen LogP contribution in [0.3, 0.4) is 0 Å². The van der Waals surface area contributed by atoms with E-state index in [4.69, 9.17) is 22.1 Å². The van der Waals surface area contributed by atoms with Crippen LogP contribution in [-0.4, -0.2) is 30.8 Å². The number of hydrogen-bond donors (Lipinski definition) is 1. The predicted octanol–water partition coefficient (Wildman–Crippen LogP) is 5.47. The third-order valence-electron chi connectivity index (χ3n) is 5.63. The third-order valence-corrected chi connectivity index (χ3v) is 7.57. The summed E-state index contributed by atoms with van der Waals surface area (Å²) in [7, 11) is -3.84. The van der Waals surface area contributed by atoms with Crippen molar-refractivity contribution in [2.75, 3.05) is 6.61 Å². The van der Waals surface area contributed by atoms with Crippen LogP contribution in [0.1, 0.15) is 31.7 Å². The third kappa shape index (κ3) is 5.27. The van der Waals surface area contributed by atoms with Gasteiger partial charge in [-0.1, -0.05) is 61.3 Å². The Hall–Kier alpha value is -2.87. The van der Waals surface area contributed by atoms with Crippen molar-refractivity contribution >= 4 is 32.3 Å². The molecule has 0 saturated heterocycles. The lowest BCUT2D eigenvalue weighted by Gasteiger charge is -2.13. The van der Waals surface area contributed by atoms with Crippen LogP contribution in [-0.2, 0) is 16.4 Å². The molecule has 6 nitrogen and oxygen atoms in total. The molecule has 0 radical (unpaired) electrons. The molecule has 0 saturated carbocycles. The molecule has 1 heterocycles. The highest BCUT2D eigenvalue weighted by Crippen LogP contribution is 2.34. The Labute approximate surface area is 205 Å². The number of halogens is 1. The quantitative estimate of drug-likeness (QED) is 0.314. The topological polar surface area (TPSA) is 87.2 Å². The average molecular weight is 498 g/mol. The number of para-hydroxylation sites is 1. The normalized spacial score (nSPS) is 12.7. The molecule has 34 heavy (non-hydrogen) atoms. The molecule has 4 aromatic rings. The molecule has 1 aromatic heterocycles. The fourth-order valence-electron chi connectivity index (χ4n) is 3.96. The summed E-state index contributed by atoms with van der Waals surface area (Å²) in [6.07, 6.45) is 2.66. The van der Waals surface area contributed by atoms with Crippen molar-refractivity contribution in [3.05, 3.63) is 83.4 Å². The average Bonchev–Trinajstić information content (AvgIpc) is 3.20. The van der Waals surface area contributed by atoms with Crippen molar-refractivity contribution in [3.8, 4) is 5.75 Å². The summed E-state index contributed by atoms with van der Waals surface area (Å²) in [6.45, 7) is 2.88. The van der Waals surface area contributed by atoms with Crippen molar-refractivity contribution in [3.63, 3.8) is 0 Å². The van der Waals surface area contributed by atoms with Gasteiger partial charge in [-0.25, -0.2) is 8.42 Å². The van der Waals surface area contributed by atoms with E-state index in [1.165, 1.54) is 0 Å². The van der Waals surface area contributed by atoms with Gasteiger partial charge in [0.15, 0.2) is 5.03 Å². The van der Waals surface area contributed by atoms with Crippen LogP contribution in [0, 0.1) is 0 Å². The van der Waals surface area contributed by atoms with Crippen LogP contribution >= 0.6 is 11.6 Å². The molecule has 8 heteroatoms. The lowest BCUT2D eigenvalue weighted by atomic mass is 10.1. The van der Waals surface area contributed by atoms with E-state index >= 15 is 0 Å². The zero-order valence-electron chi connectivity index (χ0n) is 19.0. The molecule has 2 N–H and O–H groups in total. The summed E-state index contributed by atoms with van der Waals surface area (Å²) < 4.78 is 34.8. The molecular weight excluding hydrogens is 470 g/mol. The summed E-state index contributed by atoms with van der Waals surface area (Å²) in [5.74, 6) is 0.574. The van der Waals surface area contributed by atoms with Crippen molar-refractivity contribution in [2.45, 2.75) is 48.7 Å². The Morgan fingerprint density at radius 1 is 1.03 bits per heavy atom. The van der Waals surface area contributed by atoms with E-state index in [9.17, 15) is 8.42 Å². The van der Waals surface area contributed by atoms with Crippen molar-refractivity contribution in [1.82, 2.24) is 9.78 Å². The molecule has 0 amide bonds. The van der Waals surface area contributed by atoms with E-state index in [0.29, 0.717) is 41.2 Å². The van der Waals surface area contributed by atoms with Gasteiger partial charge in [-0.05, 0) is 54.8 Å². The first-order valence-corrected chi connectivity index (χ1v) is 13.2. The van der Waals surface area contributed by atoms with E-state index in [2.05, 4.69) is 12.0 Å². The van der Waals surface area contributed by atoms with Crippen LogP contribution in [0.5, 0.6) is 5.75 Å². The smallest absolute Gasteiger partial charge is 0.226 e. The number of fused-ring (bicyclic) bond motifs is 1. The van der Waals surface area contributed by atoms with E-state index in [1.807, 2.05) is 24.3 Å². The van der Waals surface area contributed by atoms with Gasteiger partial charge in [-0.2, -0.15) is 5.10 Å². The van der Waals surface area contributed by atoms with Crippen molar-refractivity contribution in [2.24, 2.45) is 5.73 Å². The van der Waals surface area contributed by atoms with E-state index in [-0.39, 0.29) is 16.0 Å². The maximum absolute atomic E-state index is 13.5. The number of ether oxygens (including phenoxy) is 1. The highest BCUT2D eigenvalue weighted by molar-refractivity contribution is 7.91. The van der Waals surface area contributed by atoms with Crippen LogP contribution in [0.2, 0.25) is 5.02 Å². The molecule has 1 unspecified atom stereocenters. The first-order valence-electron chi connectivity index (χ1n) is 11.3. The van der Waals surface area contributed by atoms with Gasteiger partial charge in [0.25, 0.3) is 0 Å². The summed E-state index contributed by atoms with van der Waals surface area (Å²) in [4.78, 5) is 0.196. The van der Waals surface area contributed by atoms with Gasteiger partial charge in [-0.3, -0.25) is 4.68 Å². The Morgan fingerprint density at radius 2 is 1.79 bits per heavy atom. The summed E-state index contributed by atoms with van der Waals surface area (Å²) >= 11 is 6.18. The number of sulfone groups is 1. The fraction of sp³-hybridized carbons (Fsp3) is 0.269. The summed E-state index contributed by atoms with van der Waals surface area (Å²) in [5.41, 5.74) is 7.67. The number of nitrogens with zero attached hydrogens (tertiary/aromatic N) is 2. The number of aromatic nitrogens is 2. The predicted molar refractivity (Wildman–Crippen MR) is 135 cm³/mol. The van der Waals surface area contributed by atoms with Gasteiger partial charge in [-0.15, -0.1) is 0 Å². The minimum Gasteiger partial charge on any atom is -0.491 e. The van der Waals surface area contributed by atoms with E-state index in [1.54, 1.807) is 53.2 Å². The zero-order chi connectivity index (χ0) is 24.1. The molecule has 0 fully saturated rings. The monoisotopic (exact) mass is 497 g/mol. The van der Waals surface area contributed by atoms with Gasteiger partial charge in [0.1, 0.15) is 11.3 Å². The number of rotatable bonds is 10. The van der Waals surface area contributed by atoms with E-state index < -0.39 is 9.84 Å². The largest absolute Gasteiger partial charge is 0.491 e. The second-order valence-corrected chi connectivity index (χ2v) is 10.5. The van der Waals surface area contributed by atoms with Crippen LogP contribution < -0.4 is 10.5 Å². The molecule has 178 valence electrons. The molecule has 4 rings (SSSR count). The maximum Gasteiger partial charge on any atom is 0.226 e. The molecule has 3 aromatic carbocycles. The summed E-state index contributed by atoms with van der Waals surface area (Å²) in [6, 6.07) is 21.2. The SMILES string of the molecule is CCCC(N)CCOc1cccc2c(S(=O)(=O)c3ccccc3)nn(Cc3cccc(Cl)c3)c12. The zero-order valence-corrected chi connectivity index (χ0v) is 20.6. The summed E-state index contributed by atoms with van der Waals surface area (Å²) in [5, 5.41) is 5.70. The van der Waals surface area contributed by atoms with Crippen LogP contribution in [0.25, 0.3) is 10.9 Å². The minimum absolute atomic E-state index is 0.00358. The van der Waals surface area contributed by atoms with Crippen LogP contribution in [0.4, 0.5) is 0 Å². The van der Waals surface area contributed by atoms with Gasteiger partial charge >= 0.3 is 0 Å². The van der Waals surface area contributed by atoms with Crippen molar-refractivity contribution < 1.29 is 13.2 Å². The van der Waals surface area contributed by atoms with Crippen molar-refractivity contribution in [1.29, 1.82) is 0 Å². The highest BCUT2D eigenvalue weighted by atomic mass is 35.5. The van der Waals surface area contributed by atoms with Gasteiger partial charge in [0.2, 0.25) is 9.84 Å². The van der Waals surface area contributed by atoms with Crippen LogP contribution in [0.15, 0.2) is 82.7 Å². The second kappa shape index (κ2) is 10.6. The fourth-order valence-corrected chi connectivity index (χ4v) is 5.57. The number of benzene rings is 3. The molecule has 0 bridgehead atoms. The highest BCUT2D eigenvalue weighted by Gasteiger charge is 2.27. The first-order chi connectivity index (χ1) is 16.4. The first kappa shape index (κ1) is 24.3. The molecule has 0 aliphatic rings. The van der Waals surface area contributed by atoms with E-state index in [0.717, 1.165) is 18.4 Å². The molecule has 0 aliphatic heterocycles. The maximum atomic E-state index is 13.5. The molecule has 1 atom stereocenters. The number of hydrogen-bond acceptors (Lipinski definition) is 5. The lowest BCUT2D eigenvalue weighted by molar-refractivity contribution is 0.296.